The highest BCUT2D eigenvalue weighted by Gasteiger charge is 2.23. The average Bonchev–Trinajstić information content (AvgIpc) is 3.28. The summed E-state index contributed by atoms with van der Waals surface area (Å²) in [5.41, 5.74) is 1.47. The maximum absolute atomic E-state index is 12.9. The van der Waals surface area contributed by atoms with E-state index in [1.54, 1.807) is 48.2 Å². The van der Waals surface area contributed by atoms with Crippen LogP contribution < -0.4 is 10.6 Å². The summed E-state index contributed by atoms with van der Waals surface area (Å²) in [4.78, 5) is 30.0. The molecule has 0 aliphatic heterocycles. The smallest absolute Gasteiger partial charge is 0.253 e. The van der Waals surface area contributed by atoms with Crippen LogP contribution in [0.3, 0.4) is 0 Å². The number of nitrogens with one attached hydrogen (secondary N) is 2. The lowest BCUT2D eigenvalue weighted by atomic mass is 9.97. The first kappa shape index (κ1) is 24.8. The molecule has 3 aromatic rings. The van der Waals surface area contributed by atoms with Crippen molar-refractivity contribution in [2.24, 2.45) is 0 Å². The number of benzene rings is 2. The number of carbonyl (C=O) groups excluding carboxylic acids is 2. The van der Waals surface area contributed by atoms with Gasteiger partial charge in [0.25, 0.3) is 5.91 Å². The molecule has 0 spiro atoms. The van der Waals surface area contributed by atoms with E-state index in [-0.39, 0.29) is 17.2 Å². The Kier molecular flexibility index (Phi) is 8.15. The van der Waals surface area contributed by atoms with Crippen molar-refractivity contribution < 1.29 is 14.1 Å². The van der Waals surface area contributed by atoms with Gasteiger partial charge in [0, 0.05) is 16.7 Å². The van der Waals surface area contributed by atoms with Crippen molar-refractivity contribution in [3.63, 3.8) is 0 Å². The minimum Gasteiger partial charge on any atom is -0.340 e. The predicted octanol–water partition coefficient (Wildman–Crippen LogP) is 5.18. The van der Waals surface area contributed by atoms with Gasteiger partial charge in [-0.25, -0.2) is 0 Å². The van der Waals surface area contributed by atoms with Crippen molar-refractivity contribution in [3.8, 4) is 11.4 Å². The van der Waals surface area contributed by atoms with Crippen LogP contribution in [-0.4, -0.2) is 40.0 Å². The molecule has 0 aliphatic carbocycles. The van der Waals surface area contributed by atoms with Crippen LogP contribution in [0.2, 0.25) is 5.02 Å². The molecule has 7 nitrogen and oxygen atoms in total. The number of hydrogen-bond donors (Lipinski definition) is 2. The lowest BCUT2D eigenvalue weighted by molar-refractivity contribution is -0.118. The molecule has 1 aromatic heterocycles. The molecule has 2 aromatic carbocycles. The first-order chi connectivity index (χ1) is 15.7. The topological polar surface area (TPSA) is 97.1 Å². The van der Waals surface area contributed by atoms with Crippen molar-refractivity contribution in [2.75, 3.05) is 17.3 Å². The van der Waals surface area contributed by atoms with Gasteiger partial charge in [0.2, 0.25) is 17.6 Å². The van der Waals surface area contributed by atoms with Gasteiger partial charge in [-0.15, -0.1) is 0 Å². The van der Waals surface area contributed by atoms with Gasteiger partial charge < -0.3 is 15.2 Å². The fraction of sp³-hybridized carbons (Fsp3) is 0.333. The lowest BCUT2D eigenvalue weighted by Gasteiger charge is -2.18. The third-order valence-corrected chi connectivity index (χ3v) is 5.80. The van der Waals surface area contributed by atoms with Gasteiger partial charge in [0.1, 0.15) is 6.04 Å². The first-order valence-corrected chi connectivity index (χ1v) is 12.3. The van der Waals surface area contributed by atoms with E-state index in [0.29, 0.717) is 40.2 Å². The van der Waals surface area contributed by atoms with E-state index in [1.165, 1.54) is 0 Å². The standard InChI is InChI=1S/C24H27ClN4O3S/c1-24(2,3)23-28-20(29-32-23)15-9-11-16(12-10-15)26-22(31)19(13-14-33-4)27-21(30)17-7-5-6-8-18(17)25/h5-12,19H,13-14H2,1-4H3,(H,26,31)(H,27,30). The van der Waals surface area contributed by atoms with Crippen LogP contribution in [0.4, 0.5) is 5.69 Å². The highest BCUT2D eigenvalue weighted by atomic mass is 35.5. The minimum absolute atomic E-state index is 0.237. The summed E-state index contributed by atoms with van der Waals surface area (Å²) in [6.45, 7) is 6.00. The fourth-order valence-electron chi connectivity index (χ4n) is 2.96. The Morgan fingerprint density at radius 3 is 2.42 bits per heavy atom. The Bertz CT molecular complexity index is 1110. The highest BCUT2D eigenvalue weighted by molar-refractivity contribution is 7.98. The van der Waals surface area contributed by atoms with Crippen LogP contribution in [0.25, 0.3) is 11.4 Å². The van der Waals surface area contributed by atoms with E-state index in [4.69, 9.17) is 16.1 Å². The molecule has 9 heteroatoms. The molecular weight excluding hydrogens is 460 g/mol. The van der Waals surface area contributed by atoms with Crippen molar-refractivity contribution in [1.29, 1.82) is 0 Å². The van der Waals surface area contributed by atoms with Crippen LogP contribution in [-0.2, 0) is 10.2 Å². The van der Waals surface area contributed by atoms with Gasteiger partial charge in [-0.2, -0.15) is 16.7 Å². The summed E-state index contributed by atoms with van der Waals surface area (Å²) in [6, 6.07) is 13.2. The van der Waals surface area contributed by atoms with Crippen molar-refractivity contribution in [1.82, 2.24) is 15.5 Å². The Morgan fingerprint density at radius 1 is 1.12 bits per heavy atom. The molecule has 0 saturated carbocycles. The van der Waals surface area contributed by atoms with Crippen LogP contribution in [0.1, 0.15) is 43.4 Å². The van der Waals surface area contributed by atoms with Gasteiger partial charge in [0.05, 0.1) is 10.6 Å². The summed E-state index contributed by atoms with van der Waals surface area (Å²) < 4.78 is 5.35. The first-order valence-electron chi connectivity index (χ1n) is 10.5. The predicted molar refractivity (Wildman–Crippen MR) is 133 cm³/mol. The number of hydrogen-bond acceptors (Lipinski definition) is 6. The Balaban J connectivity index is 1.69. The number of nitrogens with zero attached hydrogens (tertiary/aromatic N) is 2. The maximum Gasteiger partial charge on any atom is 0.253 e. The number of thioether (sulfide) groups is 1. The number of anilines is 1. The van der Waals surface area contributed by atoms with Crippen LogP contribution >= 0.6 is 23.4 Å². The molecule has 1 unspecified atom stereocenters. The third kappa shape index (κ3) is 6.58. The summed E-state index contributed by atoms with van der Waals surface area (Å²) in [6.07, 6.45) is 2.44. The second kappa shape index (κ2) is 10.9. The maximum atomic E-state index is 12.9. The molecule has 1 heterocycles. The van der Waals surface area contributed by atoms with Crippen molar-refractivity contribution >= 4 is 40.9 Å². The lowest BCUT2D eigenvalue weighted by Crippen LogP contribution is -2.44. The van der Waals surface area contributed by atoms with Crippen LogP contribution in [0.15, 0.2) is 53.1 Å². The van der Waals surface area contributed by atoms with E-state index < -0.39 is 6.04 Å². The van der Waals surface area contributed by atoms with Gasteiger partial charge in [-0.1, -0.05) is 49.7 Å². The zero-order valence-corrected chi connectivity index (χ0v) is 20.6. The molecule has 0 saturated heterocycles. The number of carbonyl (C=O) groups is 2. The molecule has 174 valence electrons. The number of aromatic nitrogens is 2. The summed E-state index contributed by atoms with van der Waals surface area (Å²) in [5, 5.41) is 10.1. The molecule has 0 aliphatic rings. The molecule has 0 bridgehead atoms. The molecule has 0 radical (unpaired) electrons. The Morgan fingerprint density at radius 2 is 1.82 bits per heavy atom. The highest BCUT2D eigenvalue weighted by Crippen LogP contribution is 2.24. The molecular formula is C24H27ClN4O3S. The molecule has 33 heavy (non-hydrogen) atoms. The van der Waals surface area contributed by atoms with Crippen LogP contribution in [0, 0.1) is 0 Å². The second-order valence-corrected chi connectivity index (χ2v) is 9.92. The van der Waals surface area contributed by atoms with E-state index in [1.807, 2.05) is 39.2 Å². The molecule has 3 rings (SSSR count). The van der Waals surface area contributed by atoms with Gasteiger partial charge in [-0.3, -0.25) is 9.59 Å². The van der Waals surface area contributed by atoms with Crippen LogP contribution in [0.5, 0.6) is 0 Å². The number of amides is 2. The molecule has 0 fully saturated rings. The second-order valence-electron chi connectivity index (χ2n) is 8.53. The number of rotatable bonds is 8. The Labute approximate surface area is 202 Å². The van der Waals surface area contributed by atoms with E-state index in [9.17, 15) is 9.59 Å². The average molecular weight is 487 g/mol. The van der Waals surface area contributed by atoms with Gasteiger partial charge in [0.15, 0.2) is 0 Å². The largest absolute Gasteiger partial charge is 0.340 e. The minimum atomic E-state index is -0.701. The van der Waals surface area contributed by atoms with Crippen molar-refractivity contribution in [3.05, 3.63) is 65.0 Å². The summed E-state index contributed by atoms with van der Waals surface area (Å²) >= 11 is 7.73. The quantitative estimate of drug-likeness (QED) is 0.455. The summed E-state index contributed by atoms with van der Waals surface area (Å²) in [5.74, 6) is 1.08. The fourth-order valence-corrected chi connectivity index (χ4v) is 3.66. The van der Waals surface area contributed by atoms with E-state index >= 15 is 0 Å². The normalized spacial score (nSPS) is 12.3. The molecule has 1 atom stereocenters. The zero-order chi connectivity index (χ0) is 24.0. The SMILES string of the molecule is CSCCC(NC(=O)c1ccccc1Cl)C(=O)Nc1ccc(-c2noc(C(C)(C)C)n2)cc1. The number of halogens is 1. The molecule has 2 N–H and O–H groups in total. The van der Waals surface area contributed by atoms with Gasteiger partial charge >= 0.3 is 0 Å². The monoisotopic (exact) mass is 486 g/mol. The van der Waals surface area contributed by atoms with E-state index in [2.05, 4.69) is 20.8 Å². The molecule has 2 amide bonds. The van der Waals surface area contributed by atoms with E-state index in [0.717, 1.165) is 5.56 Å². The van der Waals surface area contributed by atoms with Crippen molar-refractivity contribution in [2.45, 2.75) is 38.6 Å². The zero-order valence-electron chi connectivity index (χ0n) is 19.0. The summed E-state index contributed by atoms with van der Waals surface area (Å²) in [7, 11) is 0. The Hall–Kier alpha value is -2.84. The third-order valence-electron chi connectivity index (χ3n) is 4.83. The van der Waals surface area contributed by atoms with Gasteiger partial charge in [-0.05, 0) is 54.8 Å².